The van der Waals surface area contributed by atoms with Crippen LogP contribution in [0.25, 0.3) is 0 Å². The van der Waals surface area contributed by atoms with Crippen LogP contribution in [0, 0.1) is 26.6 Å². The zero-order valence-electron chi connectivity index (χ0n) is 17.1. The van der Waals surface area contributed by atoms with Crippen molar-refractivity contribution in [1.82, 2.24) is 9.55 Å². The summed E-state index contributed by atoms with van der Waals surface area (Å²) in [7, 11) is 1.63. The smallest absolute Gasteiger partial charge is 0 e. The zero-order valence-corrected chi connectivity index (χ0v) is 20.0. The van der Waals surface area contributed by atoms with E-state index in [1.807, 2.05) is 12.4 Å². The molecule has 1 heterocycles. The van der Waals surface area contributed by atoms with Crippen LogP contribution in [-0.2, 0) is 46.7 Å². The molecule has 1 unspecified atom stereocenters. The minimum Gasteiger partial charge on any atom is 0 e. The number of hydrogen-bond acceptors (Lipinski definition) is 1. The summed E-state index contributed by atoms with van der Waals surface area (Å²) in [5.74, 6) is 1.18. The second kappa shape index (κ2) is 22.4. The molecule has 0 saturated carbocycles. The van der Waals surface area contributed by atoms with Gasteiger partial charge in [-0.3, -0.25) is 0 Å². The molecule has 0 N–H and O–H groups in total. The van der Waals surface area contributed by atoms with E-state index in [9.17, 15) is 0 Å². The van der Waals surface area contributed by atoms with E-state index in [0.717, 1.165) is 6.42 Å². The second-order valence-electron chi connectivity index (χ2n) is 5.36. The van der Waals surface area contributed by atoms with Gasteiger partial charge in [-0.1, -0.05) is 67.6 Å². The van der Waals surface area contributed by atoms with E-state index in [4.69, 9.17) is 18.6 Å². The Morgan fingerprint density at radius 1 is 0.806 bits per heavy atom. The van der Waals surface area contributed by atoms with Gasteiger partial charge in [-0.15, -0.1) is 0 Å². The van der Waals surface area contributed by atoms with E-state index in [-0.39, 0.29) is 21.1 Å². The maximum Gasteiger partial charge on any atom is 0 e. The van der Waals surface area contributed by atoms with Gasteiger partial charge in [0, 0.05) is 46.2 Å². The summed E-state index contributed by atoms with van der Waals surface area (Å²) in [5.41, 5.74) is 0.430. The van der Waals surface area contributed by atoms with Crippen molar-refractivity contribution in [3.05, 3.63) is 105 Å². The van der Waals surface area contributed by atoms with Crippen molar-refractivity contribution >= 4 is 18.5 Å². The molecule has 0 aliphatic rings. The fraction of sp³-hybridized carbons (Fsp3) is 0.174. The number of benzene rings is 2. The van der Waals surface area contributed by atoms with Crippen LogP contribution in [0.4, 0.5) is 0 Å². The average Bonchev–Trinajstić information content (AvgIpc) is 3.29. The normalized spacial score (nSPS) is 9.13. The van der Waals surface area contributed by atoms with E-state index in [1.165, 1.54) is 16.4 Å². The van der Waals surface area contributed by atoms with Crippen molar-refractivity contribution in [2.45, 2.75) is 19.0 Å². The summed E-state index contributed by atoms with van der Waals surface area (Å²) in [6, 6.07) is 21.7. The fourth-order valence-electron chi connectivity index (χ4n) is 2.87. The second-order valence-corrected chi connectivity index (χ2v) is 7.76. The molecule has 158 valence electrons. The largest absolute Gasteiger partial charge is 0 e. The number of aromatic nitrogens is 2. The molecule has 6 nitrogen and oxygen atoms in total. The van der Waals surface area contributed by atoms with Crippen molar-refractivity contribution in [1.29, 1.82) is 0 Å². The van der Waals surface area contributed by atoms with Crippen LogP contribution in [0.3, 0.4) is 0 Å². The molecule has 0 bridgehead atoms. The van der Waals surface area contributed by atoms with E-state index >= 15 is 0 Å². The van der Waals surface area contributed by atoms with Gasteiger partial charge in [-0.25, -0.2) is 4.98 Å². The first kappa shape index (κ1) is 33.4. The third kappa shape index (κ3) is 10.5. The number of imidazole rings is 1. The first-order chi connectivity index (χ1) is 14.8. The van der Waals surface area contributed by atoms with E-state index in [1.54, 1.807) is 0 Å². The van der Waals surface area contributed by atoms with Crippen molar-refractivity contribution in [3.8, 4) is 0 Å². The SMILES string of the molecule is CCC(c1nccn1C)P(c1ccccc1)c1ccccc1.[C-]#[O+].[C-]#[O+].[C-]#[O+].[C-]#[O+].[Mo]. The average molecular weight is 516 g/mol. The van der Waals surface area contributed by atoms with Crippen molar-refractivity contribution in [2.24, 2.45) is 7.05 Å². The molecule has 3 aromatic rings. The van der Waals surface area contributed by atoms with Gasteiger partial charge in [-0.2, -0.15) is 0 Å². The topological polar surface area (TPSA) is 97.4 Å². The third-order valence-corrected chi connectivity index (χ3v) is 6.85. The number of nitrogens with zero attached hydrogens (tertiary/aromatic N) is 2. The molecule has 0 spiro atoms. The first-order valence-corrected chi connectivity index (χ1v) is 9.90. The van der Waals surface area contributed by atoms with Gasteiger partial charge in [0.25, 0.3) is 0 Å². The Kier molecular flexibility index (Phi) is 24.1. The van der Waals surface area contributed by atoms with Crippen LogP contribution < -0.4 is 10.6 Å². The Balaban J connectivity index is -0.000000785. The molecule has 0 radical (unpaired) electrons. The molecule has 8 heteroatoms. The molecule has 2 aromatic carbocycles. The molecule has 0 amide bonds. The summed E-state index contributed by atoms with van der Waals surface area (Å²) in [4.78, 5) is 4.64. The molecular formula is C23H21MoN2O4P. The van der Waals surface area contributed by atoms with Crippen LogP contribution in [0.2, 0.25) is 0 Å². The molecule has 31 heavy (non-hydrogen) atoms. The summed E-state index contributed by atoms with van der Waals surface area (Å²) >= 11 is 0. The van der Waals surface area contributed by atoms with Crippen molar-refractivity contribution in [2.75, 3.05) is 0 Å². The first-order valence-electron chi connectivity index (χ1n) is 8.49. The van der Waals surface area contributed by atoms with E-state index in [2.05, 4.69) is 111 Å². The number of rotatable bonds is 5. The Morgan fingerprint density at radius 3 is 1.48 bits per heavy atom. The van der Waals surface area contributed by atoms with Crippen LogP contribution in [0.15, 0.2) is 73.1 Å². The molecule has 0 aliphatic heterocycles. The van der Waals surface area contributed by atoms with Gasteiger partial charge in [0.05, 0.1) is 0 Å². The third-order valence-electron chi connectivity index (χ3n) is 3.92. The van der Waals surface area contributed by atoms with Crippen molar-refractivity contribution < 1.29 is 39.7 Å². The van der Waals surface area contributed by atoms with Gasteiger partial charge >= 0.3 is 45.2 Å². The minimum atomic E-state index is -0.465. The standard InChI is InChI=1S/C19H21N2P.4CO.Mo/c1-3-18(19-20-14-15-21(19)2)22(16-10-6-4-7-11-16)17-12-8-5-9-13-17;4*1-2;/h4-15,18H,3H2,1-2H3;;;;;. The maximum atomic E-state index is 7.50. The molecule has 0 aliphatic carbocycles. The molecular weight excluding hydrogens is 495 g/mol. The van der Waals surface area contributed by atoms with Gasteiger partial charge < -0.3 is 4.57 Å². The Labute approximate surface area is 199 Å². The zero-order chi connectivity index (χ0) is 23.4. The fourth-order valence-corrected chi connectivity index (χ4v) is 5.71. The molecule has 0 saturated heterocycles. The number of aryl methyl sites for hydroxylation is 1. The molecule has 3 rings (SSSR count). The van der Waals surface area contributed by atoms with Crippen LogP contribution in [0.5, 0.6) is 0 Å². The van der Waals surface area contributed by atoms with Crippen LogP contribution in [0.1, 0.15) is 24.8 Å². The molecule has 1 aromatic heterocycles. The van der Waals surface area contributed by atoms with Crippen LogP contribution in [-0.4, -0.2) is 9.55 Å². The van der Waals surface area contributed by atoms with E-state index < -0.39 is 7.92 Å². The van der Waals surface area contributed by atoms with Gasteiger partial charge in [0.1, 0.15) is 5.82 Å². The Bertz CT molecular complexity index is 830. The van der Waals surface area contributed by atoms with Crippen molar-refractivity contribution in [3.63, 3.8) is 0 Å². The predicted octanol–water partition coefficient (Wildman–Crippen LogP) is 3.85. The Hall–Kier alpha value is -2.27. The number of hydrogen-bond donors (Lipinski definition) is 0. The molecule has 0 fully saturated rings. The minimum absolute atomic E-state index is 0. The summed E-state index contributed by atoms with van der Waals surface area (Å²) in [5, 5.41) is 2.83. The Morgan fingerprint density at radius 2 is 1.19 bits per heavy atom. The molecule has 1 atom stereocenters. The predicted molar refractivity (Wildman–Crippen MR) is 111 cm³/mol. The summed E-state index contributed by atoms with van der Waals surface area (Å²) < 4.78 is 32.2. The van der Waals surface area contributed by atoms with Gasteiger partial charge in [0.15, 0.2) is 0 Å². The van der Waals surface area contributed by atoms with Gasteiger partial charge in [0.2, 0.25) is 0 Å². The van der Waals surface area contributed by atoms with E-state index in [0.29, 0.717) is 5.66 Å². The monoisotopic (exact) mass is 518 g/mol. The van der Waals surface area contributed by atoms with Gasteiger partial charge in [-0.05, 0) is 25.0 Å². The quantitative estimate of drug-likeness (QED) is 0.219. The summed E-state index contributed by atoms with van der Waals surface area (Å²) in [6.07, 6.45) is 5.03. The maximum absolute atomic E-state index is 7.50. The van der Waals surface area contributed by atoms with Crippen LogP contribution >= 0.6 is 7.92 Å². The summed E-state index contributed by atoms with van der Waals surface area (Å²) in [6.45, 7) is 20.3.